The minimum atomic E-state index is -0.449. The maximum absolute atomic E-state index is 14.3. The van der Waals surface area contributed by atoms with Crippen LogP contribution in [0, 0.1) is 26.6 Å². The van der Waals surface area contributed by atoms with Crippen LogP contribution in [0.4, 0.5) is 14.9 Å². The number of nitrogens with zero attached hydrogens (tertiary/aromatic N) is 3. The van der Waals surface area contributed by atoms with E-state index < -0.39 is 5.82 Å². The molecule has 40 heavy (non-hydrogen) atoms. The molecule has 8 heteroatoms. The normalized spacial score (nSPS) is 14.9. The second kappa shape index (κ2) is 13.5. The van der Waals surface area contributed by atoms with Crippen molar-refractivity contribution in [3.8, 4) is 0 Å². The third-order valence-corrected chi connectivity index (χ3v) is 7.74. The van der Waals surface area contributed by atoms with Gasteiger partial charge in [0.2, 0.25) is 0 Å². The lowest BCUT2D eigenvalue weighted by Gasteiger charge is -2.40. The number of likely N-dealkylation sites (tertiary alicyclic amines) is 1. The standard InChI is InChI=1S/C32H40FN5O2/c1-22-20-23(2)35-25(4)30(22)31(39)34-17-14-24(3)37-18-15-27(16-19-37)38(21-26-10-6-5-7-11-26)32(40)36-29-13-9-8-12-28(29)33/h5-13,20,24,27H,14-19,21H2,1-4H3,(H,34,39)(H,36,40). The summed E-state index contributed by atoms with van der Waals surface area (Å²) in [6.07, 6.45) is 2.47. The van der Waals surface area contributed by atoms with Gasteiger partial charge in [0.15, 0.2) is 0 Å². The van der Waals surface area contributed by atoms with E-state index in [4.69, 9.17) is 0 Å². The first-order chi connectivity index (χ1) is 19.2. The average molecular weight is 546 g/mol. The molecule has 0 radical (unpaired) electrons. The Morgan fingerprint density at radius 3 is 2.40 bits per heavy atom. The van der Waals surface area contributed by atoms with Crippen molar-refractivity contribution in [2.24, 2.45) is 0 Å². The first-order valence-electron chi connectivity index (χ1n) is 14.1. The number of nitrogens with one attached hydrogen (secondary N) is 2. The van der Waals surface area contributed by atoms with Gasteiger partial charge in [0.1, 0.15) is 5.82 Å². The maximum Gasteiger partial charge on any atom is 0.322 e. The van der Waals surface area contributed by atoms with E-state index in [1.54, 1.807) is 18.2 Å². The smallest absolute Gasteiger partial charge is 0.322 e. The summed E-state index contributed by atoms with van der Waals surface area (Å²) in [7, 11) is 0. The molecule has 1 aliphatic rings. The van der Waals surface area contributed by atoms with Gasteiger partial charge >= 0.3 is 6.03 Å². The fraction of sp³-hybridized carbons (Fsp3) is 0.406. The first-order valence-corrected chi connectivity index (χ1v) is 14.1. The minimum absolute atomic E-state index is 0.0371. The van der Waals surface area contributed by atoms with Crippen LogP contribution in [0.15, 0.2) is 60.7 Å². The molecule has 2 N–H and O–H groups in total. The molecule has 1 saturated heterocycles. The molecule has 1 aromatic heterocycles. The monoisotopic (exact) mass is 545 g/mol. The van der Waals surface area contributed by atoms with E-state index in [2.05, 4.69) is 27.4 Å². The number of hydrogen-bond acceptors (Lipinski definition) is 4. The Labute approximate surface area is 236 Å². The Morgan fingerprint density at radius 2 is 1.73 bits per heavy atom. The summed E-state index contributed by atoms with van der Waals surface area (Å²) >= 11 is 0. The summed E-state index contributed by atoms with van der Waals surface area (Å²) in [4.78, 5) is 34.9. The highest BCUT2D eigenvalue weighted by molar-refractivity contribution is 5.96. The van der Waals surface area contributed by atoms with E-state index in [0.29, 0.717) is 18.7 Å². The molecule has 4 rings (SSSR count). The third-order valence-electron chi connectivity index (χ3n) is 7.74. The molecule has 1 fully saturated rings. The Bertz CT molecular complexity index is 1280. The molecule has 3 aromatic rings. The number of carbonyl (C=O) groups is 2. The highest BCUT2D eigenvalue weighted by Gasteiger charge is 2.30. The lowest BCUT2D eigenvalue weighted by atomic mass is 10.00. The van der Waals surface area contributed by atoms with Crippen LogP contribution in [0.1, 0.15) is 59.1 Å². The Morgan fingerprint density at radius 1 is 1.05 bits per heavy atom. The van der Waals surface area contributed by atoms with Crippen LogP contribution in [-0.2, 0) is 6.54 Å². The van der Waals surface area contributed by atoms with E-state index in [9.17, 15) is 14.0 Å². The Hall–Kier alpha value is -3.78. The fourth-order valence-electron chi connectivity index (χ4n) is 5.57. The number of para-hydroxylation sites is 1. The van der Waals surface area contributed by atoms with Crippen molar-refractivity contribution in [2.75, 3.05) is 25.0 Å². The van der Waals surface area contributed by atoms with Crippen LogP contribution in [-0.4, -0.2) is 58.4 Å². The molecular formula is C32H40FN5O2. The van der Waals surface area contributed by atoms with Crippen LogP contribution in [0.2, 0.25) is 0 Å². The summed E-state index contributed by atoms with van der Waals surface area (Å²) in [5.41, 5.74) is 4.49. The number of aryl methyl sites for hydroxylation is 3. The van der Waals surface area contributed by atoms with Crippen molar-refractivity contribution in [3.05, 3.63) is 94.6 Å². The number of anilines is 1. The number of halogens is 1. The molecule has 1 aliphatic heterocycles. The largest absolute Gasteiger partial charge is 0.352 e. The molecule has 3 amide bonds. The summed E-state index contributed by atoms with van der Waals surface area (Å²) in [5.74, 6) is -0.527. The quantitative estimate of drug-likeness (QED) is 0.354. The van der Waals surface area contributed by atoms with Crippen LogP contribution in [0.5, 0.6) is 0 Å². The molecule has 0 spiro atoms. The molecular weight excluding hydrogens is 505 g/mol. The first kappa shape index (κ1) is 29.2. The Kier molecular flexibility index (Phi) is 9.88. The fourth-order valence-corrected chi connectivity index (χ4v) is 5.57. The number of urea groups is 1. The van der Waals surface area contributed by atoms with Crippen molar-refractivity contribution in [1.82, 2.24) is 20.1 Å². The van der Waals surface area contributed by atoms with Gasteiger partial charge in [-0.1, -0.05) is 42.5 Å². The number of pyridine rings is 1. The van der Waals surface area contributed by atoms with Crippen molar-refractivity contribution in [2.45, 2.75) is 65.6 Å². The molecule has 2 heterocycles. The van der Waals surface area contributed by atoms with Gasteiger partial charge < -0.3 is 20.4 Å². The lowest BCUT2D eigenvalue weighted by Crippen LogP contribution is -2.50. The number of amides is 3. The number of piperidine rings is 1. The average Bonchev–Trinajstić information content (AvgIpc) is 2.93. The van der Waals surface area contributed by atoms with Crippen LogP contribution >= 0.6 is 0 Å². The number of hydrogen-bond donors (Lipinski definition) is 2. The van der Waals surface area contributed by atoms with Gasteiger partial charge in [0, 0.05) is 44.0 Å². The Balaban J connectivity index is 1.32. The molecule has 0 bridgehead atoms. The predicted molar refractivity (Wildman–Crippen MR) is 157 cm³/mol. The van der Waals surface area contributed by atoms with E-state index in [1.807, 2.05) is 62.1 Å². The molecule has 2 aromatic carbocycles. The summed E-state index contributed by atoms with van der Waals surface area (Å²) in [5, 5.41) is 5.85. The summed E-state index contributed by atoms with van der Waals surface area (Å²) in [6.45, 7) is 10.7. The topological polar surface area (TPSA) is 77.6 Å². The van der Waals surface area contributed by atoms with Gasteiger partial charge in [-0.15, -0.1) is 0 Å². The van der Waals surface area contributed by atoms with Crippen molar-refractivity contribution >= 4 is 17.6 Å². The molecule has 1 atom stereocenters. The molecule has 7 nitrogen and oxygen atoms in total. The second-order valence-corrected chi connectivity index (χ2v) is 10.7. The highest BCUT2D eigenvalue weighted by Crippen LogP contribution is 2.23. The molecule has 0 aliphatic carbocycles. The van der Waals surface area contributed by atoms with Crippen LogP contribution in [0.3, 0.4) is 0 Å². The highest BCUT2D eigenvalue weighted by atomic mass is 19.1. The maximum atomic E-state index is 14.3. The van der Waals surface area contributed by atoms with Gasteiger partial charge in [-0.25, -0.2) is 9.18 Å². The molecule has 1 unspecified atom stereocenters. The number of carbonyl (C=O) groups excluding carboxylic acids is 2. The van der Waals surface area contributed by atoms with Gasteiger partial charge in [0.25, 0.3) is 5.91 Å². The van der Waals surface area contributed by atoms with Crippen LogP contribution in [0.25, 0.3) is 0 Å². The lowest BCUT2D eigenvalue weighted by molar-refractivity contribution is 0.0918. The SMILES string of the molecule is Cc1cc(C)c(C(=O)NCCC(C)N2CCC(N(Cc3ccccc3)C(=O)Nc3ccccc3F)CC2)c(C)n1. The van der Waals surface area contributed by atoms with Gasteiger partial charge in [-0.05, 0) is 76.3 Å². The summed E-state index contributed by atoms with van der Waals surface area (Å²) in [6, 6.07) is 18.1. The van der Waals surface area contributed by atoms with Gasteiger partial charge in [0.05, 0.1) is 16.9 Å². The minimum Gasteiger partial charge on any atom is -0.352 e. The van der Waals surface area contributed by atoms with Gasteiger partial charge in [-0.2, -0.15) is 0 Å². The summed E-state index contributed by atoms with van der Waals surface area (Å²) < 4.78 is 14.3. The third kappa shape index (κ3) is 7.45. The zero-order valence-corrected chi connectivity index (χ0v) is 23.9. The molecule has 212 valence electrons. The van der Waals surface area contributed by atoms with Crippen molar-refractivity contribution in [1.29, 1.82) is 0 Å². The van der Waals surface area contributed by atoms with Crippen LogP contribution < -0.4 is 10.6 Å². The number of benzene rings is 2. The number of rotatable bonds is 9. The zero-order chi connectivity index (χ0) is 28.6. The van der Waals surface area contributed by atoms with E-state index in [0.717, 1.165) is 54.9 Å². The van der Waals surface area contributed by atoms with Crippen molar-refractivity contribution < 1.29 is 14.0 Å². The van der Waals surface area contributed by atoms with E-state index in [-0.39, 0.29) is 29.7 Å². The van der Waals surface area contributed by atoms with E-state index in [1.165, 1.54) is 6.07 Å². The van der Waals surface area contributed by atoms with E-state index >= 15 is 0 Å². The predicted octanol–water partition coefficient (Wildman–Crippen LogP) is 5.85. The molecule has 0 saturated carbocycles. The second-order valence-electron chi connectivity index (χ2n) is 10.7. The zero-order valence-electron chi connectivity index (χ0n) is 23.9. The van der Waals surface area contributed by atoms with Crippen molar-refractivity contribution in [3.63, 3.8) is 0 Å². The van der Waals surface area contributed by atoms with Gasteiger partial charge in [-0.3, -0.25) is 9.78 Å². The number of aromatic nitrogens is 1.